The van der Waals surface area contributed by atoms with Gasteiger partial charge in [-0.25, -0.2) is 0 Å². The number of benzene rings is 1. The van der Waals surface area contributed by atoms with E-state index in [0.717, 1.165) is 0 Å². The van der Waals surface area contributed by atoms with Crippen LogP contribution in [-0.2, 0) is 4.79 Å². The Bertz CT molecular complexity index is 587. The predicted octanol–water partition coefficient (Wildman–Crippen LogP) is 1.95. The number of nitro benzene ring substituents is 1. The van der Waals surface area contributed by atoms with E-state index in [9.17, 15) is 14.9 Å². The predicted molar refractivity (Wildman–Crippen MR) is 76.2 cm³/mol. The first-order valence-corrected chi connectivity index (χ1v) is 6.81. The van der Waals surface area contributed by atoms with Gasteiger partial charge in [0, 0.05) is 17.0 Å². The number of carbonyl (C=O) groups is 1. The van der Waals surface area contributed by atoms with Crippen LogP contribution >= 0.6 is 11.8 Å². The quantitative estimate of drug-likeness (QED) is 0.344. The molecule has 0 saturated carbocycles. The summed E-state index contributed by atoms with van der Waals surface area (Å²) in [6, 6.07) is 9.53. The molecule has 0 aromatic heterocycles. The van der Waals surface area contributed by atoms with Crippen molar-refractivity contribution < 1.29 is 9.72 Å². The number of thioether (sulfide) groups is 1. The summed E-state index contributed by atoms with van der Waals surface area (Å²) < 4.78 is 0. The minimum Gasteiger partial charge on any atom is -0.315 e. The molecule has 7 nitrogen and oxygen atoms in total. The molecule has 0 aliphatic rings. The Hall–Kier alpha value is -2.58. The summed E-state index contributed by atoms with van der Waals surface area (Å²) in [7, 11) is 0. The highest BCUT2D eigenvalue weighted by atomic mass is 32.2. The van der Waals surface area contributed by atoms with Crippen LogP contribution in [0.3, 0.4) is 0 Å². The van der Waals surface area contributed by atoms with Gasteiger partial charge in [-0.15, -0.1) is 11.8 Å². The molecule has 1 aromatic carbocycles. The lowest BCUT2D eigenvalue weighted by molar-refractivity contribution is -0.384. The zero-order valence-corrected chi connectivity index (χ0v) is 12.0. The molecule has 0 saturated heterocycles. The van der Waals surface area contributed by atoms with Crippen LogP contribution in [0.15, 0.2) is 29.2 Å². The maximum absolute atomic E-state index is 12.1. The van der Waals surface area contributed by atoms with Gasteiger partial charge in [-0.1, -0.05) is 0 Å². The van der Waals surface area contributed by atoms with Gasteiger partial charge in [-0.2, -0.15) is 10.5 Å². The summed E-state index contributed by atoms with van der Waals surface area (Å²) in [4.78, 5) is 24.0. The number of nitro groups is 1. The Kier molecular flexibility index (Phi) is 6.18. The highest BCUT2D eigenvalue weighted by molar-refractivity contribution is 8.00. The topological polar surface area (TPSA) is 111 Å². The number of amides is 1. The van der Waals surface area contributed by atoms with Gasteiger partial charge in [-0.3, -0.25) is 14.9 Å². The molecule has 1 aromatic rings. The Morgan fingerprint density at radius 3 is 2.29 bits per heavy atom. The summed E-state index contributed by atoms with van der Waals surface area (Å²) in [5, 5.41) is 27.3. The molecule has 0 bridgehead atoms. The molecule has 21 heavy (non-hydrogen) atoms. The highest BCUT2D eigenvalue weighted by Crippen LogP contribution is 2.26. The monoisotopic (exact) mass is 304 g/mol. The van der Waals surface area contributed by atoms with Crippen LogP contribution in [0.4, 0.5) is 5.69 Å². The molecular formula is C13H12N4O3S. The van der Waals surface area contributed by atoms with Crippen molar-refractivity contribution in [3.05, 3.63) is 34.4 Å². The Balaban J connectivity index is 2.73. The SMILES string of the molecule is CC(Sc1ccc([N+](=O)[O-])cc1)C(=O)N(CC#N)CC#N. The summed E-state index contributed by atoms with van der Waals surface area (Å²) in [6.07, 6.45) is 0. The van der Waals surface area contributed by atoms with Crippen LogP contribution in [0.25, 0.3) is 0 Å². The van der Waals surface area contributed by atoms with E-state index in [1.807, 2.05) is 12.1 Å². The van der Waals surface area contributed by atoms with Crippen LogP contribution in [0.5, 0.6) is 0 Å². The van der Waals surface area contributed by atoms with Crippen molar-refractivity contribution in [3.63, 3.8) is 0 Å². The van der Waals surface area contributed by atoms with Crippen LogP contribution < -0.4 is 0 Å². The fraction of sp³-hybridized carbons (Fsp3) is 0.308. The standard InChI is InChI=1S/C13H12N4O3S/c1-10(13(18)16(8-6-14)9-7-15)21-12-4-2-11(3-5-12)17(19)20/h2-5,10H,8-9H2,1H3. The number of nitrogens with zero attached hydrogens (tertiary/aromatic N) is 4. The Labute approximate surface area is 125 Å². The lowest BCUT2D eigenvalue weighted by atomic mass is 10.3. The molecule has 1 unspecified atom stereocenters. The fourth-order valence-electron chi connectivity index (χ4n) is 1.54. The van der Waals surface area contributed by atoms with Crippen LogP contribution in [0, 0.1) is 32.8 Å². The van der Waals surface area contributed by atoms with Crippen molar-refractivity contribution in [1.29, 1.82) is 10.5 Å². The summed E-state index contributed by atoms with van der Waals surface area (Å²) in [5.74, 6) is -0.318. The minimum absolute atomic E-state index is 0.0195. The number of carbonyl (C=O) groups excluding carboxylic acids is 1. The Morgan fingerprint density at radius 1 is 1.33 bits per heavy atom. The van der Waals surface area contributed by atoms with Crippen molar-refractivity contribution in [3.8, 4) is 12.1 Å². The molecule has 1 amide bonds. The van der Waals surface area contributed by atoms with Gasteiger partial charge in [0.1, 0.15) is 13.1 Å². The zero-order chi connectivity index (χ0) is 15.8. The van der Waals surface area contributed by atoms with E-state index in [4.69, 9.17) is 10.5 Å². The fourth-order valence-corrected chi connectivity index (χ4v) is 2.49. The smallest absolute Gasteiger partial charge is 0.269 e. The van der Waals surface area contributed by atoms with Crippen molar-refractivity contribution in [2.24, 2.45) is 0 Å². The molecule has 0 spiro atoms. The third-order valence-electron chi connectivity index (χ3n) is 2.54. The normalized spacial score (nSPS) is 11.0. The first-order chi connectivity index (χ1) is 9.99. The van der Waals surface area contributed by atoms with Gasteiger partial charge in [-0.05, 0) is 19.1 Å². The third kappa shape index (κ3) is 4.79. The van der Waals surface area contributed by atoms with Crippen molar-refractivity contribution in [1.82, 2.24) is 4.90 Å². The van der Waals surface area contributed by atoms with Crippen LogP contribution in [0.2, 0.25) is 0 Å². The lowest BCUT2D eigenvalue weighted by Crippen LogP contribution is -2.37. The molecule has 8 heteroatoms. The molecule has 0 radical (unpaired) electrons. The molecule has 1 rings (SSSR count). The molecule has 108 valence electrons. The molecule has 0 N–H and O–H groups in total. The van der Waals surface area contributed by atoms with Crippen LogP contribution in [0.1, 0.15) is 6.92 Å². The zero-order valence-electron chi connectivity index (χ0n) is 11.2. The summed E-state index contributed by atoms with van der Waals surface area (Å²) >= 11 is 1.22. The lowest BCUT2D eigenvalue weighted by Gasteiger charge is -2.20. The second-order valence-electron chi connectivity index (χ2n) is 4.02. The number of nitriles is 2. The van der Waals surface area contributed by atoms with E-state index in [1.165, 1.54) is 28.8 Å². The first-order valence-electron chi connectivity index (χ1n) is 5.93. The number of rotatable bonds is 6. The first kappa shape index (κ1) is 16.5. The van der Waals surface area contributed by atoms with Gasteiger partial charge in [0.25, 0.3) is 5.69 Å². The van der Waals surface area contributed by atoms with E-state index in [1.54, 1.807) is 19.1 Å². The van der Waals surface area contributed by atoms with Crippen LogP contribution in [-0.4, -0.2) is 34.1 Å². The van der Waals surface area contributed by atoms with Gasteiger partial charge >= 0.3 is 0 Å². The average molecular weight is 304 g/mol. The second kappa shape index (κ2) is 7.88. The molecular weight excluding hydrogens is 292 g/mol. The molecule has 0 fully saturated rings. The number of non-ortho nitro benzene ring substituents is 1. The maximum Gasteiger partial charge on any atom is 0.269 e. The largest absolute Gasteiger partial charge is 0.315 e. The number of hydrogen-bond donors (Lipinski definition) is 0. The summed E-state index contributed by atoms with van der Waals surface area (Å²) in [5.41, 5.74) is -0.0195. The van der Waals surface area contributed by atoms with E-state index in [0.29, 0.717) is 4.90 Å². The molecule has 1 atom stereocenters. The molecule has 0 aliphatic heterocycles. The number of hydrogen-bond acceptors (Lipinski definition) is 6. The third-order valence-corrected chi connectivity index (χ3v) is 3.64. The van der Waals surface area contributed by atoms with Crippen molar-refractivity contribution in [2.75, 3.05) is 13.1 Å². The van der Waals surface area contributed by atoms with E-state index >= 15 is 0 Å². The van der Waals surface area contributed by atoms with E-state index < -0.39 is 10.2 Å². The molecule has 0 heterocycles. The average Bonchev–Trinajstić information content (AvgIpc) is 2.46. The second-order valence-corrected chi connectivity index (χ2v) is 5.44. The minimum atomic E-state index is -0.495. The van der Waals surface area contributed by atoms with Gasteiger partial charge < -0.3 is 4.90 Å². The maximum atomic E-state index is 12.1. The van der Waals surface area contributed by atoms with Gasteiger partial charge in [0.2, 0.25) is 5.91 Å². The highest BCUT2D eigenvalue weighted by Gasteiger charge is 2.21. The molecule has 0 aliphatic carbocycles. The van der Waals surface area contributed by atoms with Gasteiger partial charge in [0.05, 0.1) is 22.3 Å². The van der Waals surface area contributed by atoms with E-state index in [2.05, 4.69) is 0 Å². The van der Waals surface area contributed by atoms with Crippen molar-refractivity contribution in [2.45, 2.75) is 17.1 Å². The van der Waals surface area contributed by atoms with E-state index in [-0.39, 0.29) is 24.7 Å². The summed E-state index contributed by atoms with van der Waals surface area (Å²) in [6.45, 7) is 1.38. The van der Waals surface area contributed by atoms with Crippen molar-refractivity contribution >= 4 is 23.4 Å². The van der Waals surface area contributed by atoms with Gasteiger partial charge in [0.15, 0.2) is 0 Å². The Morgan fingerprint density at radius 2 is 1.86 bits per heavy atom.